The fraction of sp³-hybridized carbons (Fsp3) is 0.604. The Kier molecular flexibility index (Phi) is 29.8. The second kappa shape index (κ2) is 34.9. The van der Waals surface area contributed by atoms with Crippen LogP contribution in [0, 0.1) is 21.0 Å². The third-order valence-electron chi connectivity index (χ3n) is 10.4. The number of ketones is 1. The second-order valence-corrected chi connectivity index (χ2v) is 18.1. The number of benzene rings is 3. The normalized spacial score (nSPS) is 13.4. The number of aliphatic hydroxyl groups excluding tert-OH is 1. The van der Waals surface area contributed by atoms with E-state index in [9.17, 15) is 4.79 Å². The molecule has 0 atom stereocenters. The molecule has 0 spiro atoms. The lowest BCUT2D eigenvalue weighted by Gasteiger charge is -2.34. The summed E-state index contributed by atoms with van der Waals surface area (Å²) in [6.45, 7) is 18.6. The first-order valence-corrected chi connectivity index (χ1v) is 25.2. The molecule has 0 radical (unpaired) electrons. The third-order valence-corrected chi connectivity index (χ3v) is 12.0. The molecule has 17 nitrogen and oxygen atoms in total. The van der Waals surface area contributed by atoms with Gasteiger partial charge in [0.25, 0.3) is 0 Å². The first-order valence-electron chi connectivity index (χ1n) is 23.1. The lowest BCUT2D eigenvalue weighted by Crippen LogP contribution is -2.47. The molecule has 6 N–H and O–H groups in total. The number of aryl methyl sites for hydroxylation is 2. The lowest BCUT2D eigenvalue weighted by atomic mass is 10.0. The zero-order valence-corrected chi connectivity index (χ0v) is 43.6. The number of hydrogen-bond acceptors (Lipinski definition) is 17. The Bertz CT molecular complexity index is 1760. The minimum absolute atomic E-state index is 0.204. The Balaban J connectivity index is 0.868. The highest BCUT2D eigenvalue weighted by molar-refractivity contribution is 14.1. The molecule has 3 aromatic carbocycles. The predicted molar refractivity (Wildman–Crippen MR) is 273 cm³/mol. The summed E-state index contributed by atoms with van der Waals surface area (Å²) in [5.74, 6) is 2.97. The van der Waals surface area contributed by atoms with Crippen molar-refractivity contribution in [1.29, 1.82) is 0 Å². The van der Waals surface area contributed by atoms with Crippen LogP contribution in [0.2, 0.25) is 0 Å². The van der Waals surface area contributed by atoms with E-state index in [4.69, 9.17) is 63.9 Å². The number of halogens is 2. The summed E-state index contributed by atoms with van der Waals surface area (Å²) in [5, 5.41) is 12.1. The molecule has 0 unspecified atom stereocenters. The molecular formula is C48H73I2N5O12. The highest BCUT2D eigenvalue weighted by atomic mass is 127. The monoisotopic (exact) mass is 1170 g/mol. The molecule has 1 aliphatic rings. The van der Waals surface area contributed by atoms with Crippen molar-refractivity contribution < 1.29 is 57.3 Å². The summed E-state index contributed by atoms with van der Waals surface area (Å²) < 4.78 is 59.5. The highest BCUT2D eigenvalue weighted by Gasteiger charge is 2.18. The summed E-state index contributed by atoms with van der Waals surface area (Å²) in [6.07, 6.45) is 0.622. The van der Waals surface area contributed by atoms with Crippen molar-refractivity contribution >= 4 is 51.0 Å². The van der Waals surface area contributed by atoms with Crippen molar-refractivity contribution in [3.05, 3.63) is 77.9 Å². The molecule has 0 aliphatic carbocycles. The molecule has 19 heteroatoms. The molecule has 0 bridgehead atoms. The quantitative estimate of drug-likeness (QED) is 0.0360. The van der Waals surface area contributed by atoms with Crippen molar-refractivity contribution in [2.75, 3.05) is 152 Å². The van der Waals surface area contributed by atoms with Crippen LogP contribution < -0.4 is 31.0 Å². The Hall–Kier alpha value is -2.33. The number of carbonyl (C=O) groups is 1. The minimum Gasteiger partial charge on any atom is -0.491 e. The van der Waals surface area contributed by atoms with E-state index in [2.05, 4.69) is 60.3 Å². The van der Waals surface area contributed by atoms with Crippen LogP contribution in [-0.2, 0) is 50.9 Å². The smallest absolute Gasteiger partial charge is 0.162 e. The van der Waals surface area contributed by atoms with Gasteiger partial charge in [-0.15, -0.1) is 0 Å². The van der Waals surface area contributed by atoms with E-state index in [1.54, 1.807) is 0 Å². The van der Waals surface area contributed by atoms with Crippen LogP contribution in [0.4, 0.5) is 0 Å². The van der Waals surface area contributed by atoms with Gasteiger partial charge in [-0.3, -0.25) is 15.0 Å². The van der Waals surface area contributed by atoms with Gasteiger partial charge in [-0.05, 0) is 112 Å². The van der Waals surface area contributed by atoms with Crippen LogP contribution in [0.25, 0.3) is 0 Å². The van der Waals surface area contributed by atoms with E-state index in [1.807, 2.05) is 62.4 Å². The van der Waals surface area contributed by atoms with E-state index in [1.165, 1.54) is 0 Å². The molecule has 4 rings (SSSR count). The van der Waals surface area contributed by atoms with Crippen LogP contribution in [-0.4, -0.2) is 179 Å². The largest absolute Gasteiger partial charge is 0.491 e. The zero-order valence-electron chi connectivity index (χ0n) is 39.3. The summed E-state index contributed by atoms with van der Waals surface area (Å²) in [6, 6.07) is 15.6. The number of hydrogen-bond donors (Lipinski definition) is 4. The standard InChI is InChI=1S/C48H73I2N5O12/c1-37-30-40(32-41(57)36-56)31-38(2)46(37)67-43-33-44(49)47(45(50)34-43)66-14-3-8-54-9-11-55(12-10-54)13-15-58-16-17-59-18-19-60-20-21-61-22-23-62-24-25-63-26-27-64-28-29-65-42-6-4-39(5-7-42)35-53-48(51)52/h4-7,30-31,33-34,48,53,56H,3,8-29,32,35-36,51-52H2,1-2H3. The molecule has 1 saturated heterocycles. The number of ether oxygens (including phenoxy) is 10. The average molecular weight is 1170 g/mol. The molecule has 67 heavy (non-hydrogen) atoms. The van der Waals surface area contributed by atoms with Gasteiger partial charge in [0.05, 0.1) is 106 Å². The van der Waals surface area contributed by atoms with E-state index < -0.39 is 12.9 Å². The maximum Gasteiger partial charge on any atom is 0.162 e. The van der Waals surface area contributed by atoms with E-state index >= 15 is 0 Å². The van der Waals surface area contributed by atoms with Gasteiger partial charge in [0.2, 0.25) is 0 Å². The fourth-order valence-corrected chi connectivity index (χ4v) is 8.93. The van der Waals surface area contributed by atoms with Crippen molar-refractivity contribution in [3.8, 4) is 23.0 Å². The molecule has 3 aromatic rings. The SMILES string of the molecule is Cc1cc(CC(=O)CO)cc(C)c1Oc1cc(I)c(OCCCN2CCN(CCOCCOCCOCCOCCOCCOCCOCCOc3ccc(CNC(N)N)cc3)CC2)c(I)c1. The van der Waals surface area contributed by atoms with Crippen LogP contribution >= 0.6 is 45.2 Å². The lowest BCUT2D eigenvalue weighted by molar-refractivity contribution is -0.121. The first kappa shape index (κ1) is 57.3. The summed E-state index contributed by atoms with van der Waals surface area (Å²) >= 11 is 4.61. The molecular weight excluding hydrogens is 1090 g/mol. The third kappa shape index (κ3) is 24.9. The molecule has 0 saturated carbocycles. The van der Waals surface area contributed by atoms with Crippen molar-refractivity contribution in [2.24, 2.45) is 11.5 Å². The molecule has 1 fully saturated rings. The van der Waals surface area contributed by atoms with Gasteiger partial charge < -0.3 is 68.8 Å². The van der Waals surface area contributed by atoms with Gasteiger partial charge in [0.15, 0.2) is 5.78 Å². The number of Topliss-reactive ketones (excluding diaryl/α,β-unsaturated/α-hetero) is 1. The predicted octanol–water partition coefficient (Wildman–Crippen LogP) is 4.28. The minimum atomic E-state index is -0.537. The Morgan fingerprint density at radius 2 is 1.06 bits per heavy atom. The number of piperazine rings is 1. The number of rotatable bonds is 38. The number of nitrogens with zero attached hydrogens (tertiary/aromatic N) is 2. The molecule has 376 valence electrons. The van der Waals surface area contributed by atoms with Crippen molar-refractivity contribution in [1.82, 2.24) is 15.1 Å². The van der Waals surface area contributed by atoms with Crippen LogP contribution in [0.1, 0.15) is 28.7 Å². The average Bonchev–Trinajstić information content (AvgIpc) is 3.31. The Labute approximate surface area is 424 Å². The van der Waals surface area contributed by atoms with Gasteiger partial charge in [-0.2, -0.15) is 0 Å². The molecule has 1 heterocycles. The number of carbonyl (C=O) groups excluding carboxylic acids is 1. The van der Waals surface area contributed by atoms with E-state index in [0.29, 0.717) is 112 Å². The molecule has 0 amide bonds. The van der Waals surface area contributed by atoms with Crippen molar-refractivity contribution in [2.45, 2.75) is 39.5 Å². The highest BCUT2D eigenvalue weighted by Crippen LogP contribution is 2.36. The second-order valence-electron chi connectivity index (χ2n) is 15.8. The van der Waals surface area contributed by atoms with Gasteiger partial charge in [-0.25, -0.2) is 0 Å². The first-order chi connectivity index (χ1) is 32.6. The topological polar surface area (TPSA) is 200 Å². The molecule has 1 aliphatic heterocycles. The van der Waals surface area contributed by atoms with Gasteiger partial charge in [0.1, 0.15) is 42.5 Å². The zero-order chi connectivity index (χ0) is 47.9. The Morgan fingerprint density at radius 3 is 1.54 bits per heavy atom. The van der Waals surface area contributed by atoms with Gasteiger partial charge in [0, 0.05) is 52.2 Å². The number of nitrogens with two attached hydrogens (primary N) is 2. The van der Waals surface area contributed by atoms with Crippen molar-refractivity contribution in [3.63, 3.8) is 0 Å². The van der Waals surface area contributed by atoms with Crippen LogP contribution in [0.5, 0.6) is 23.0 Å². The summed E-state index contributed by atoms with van der Waals surface area (Å²) in [5.41, 5.74) is 14.8. The van der Waals surface area contributed by atoms with E-state index in [0.717, 1.165) is 98.1 Å². The maximum atomic E-state index is 11.7. The number of aliphatic hydroxyl groups is 1. The Morgan fingerprint density at radius 1 is 0.597 bits per heavy atom. The fourth-order valence-electron chi connectivity index (χ4n) is 6.91. The van der Waals surface area contributed by atoms with E-state index in [-0.39, 0.29) is 12.2 Å². The molecule has 0 aromatic heterocycles. The maximum absolute atomic E-state index is 11.7. The van der Waals surface area contributed by atoms with Gasteiger partial charge in [-0.1, -0.05) is 24.3 Å². The summed E-state index contributed by atoms with van der Waals surface area (Å²) in [4.78, 5) is 16.7. The van der Waals surface area contributed by atoms with Crippen LogP contribution in [0.15, 0.2) is 48.5 Å². The summed E-state index contributed by atoms with van der Waals surface area (Å²) in [7, 11) is 0. The van der Waals surface area contributed by atoms with Crippen LogP contribution in [0.3, 0.4) is 0 Å². The number of nitrogens with one attached hydrogen (secondary N) is 1. The van der Waals surface area contributed by atoms with Gasteiger partial charge >= 0.3 is 0 Å².